The number of aromatic nitrogens is 1. The molecule has 4 aromatic rings. The molecule has 0 aliphatic carbocycles. The molecule has 0 fully saturated rings. The molecule has 0 bridgehead atoms. The van der Waals surface area contributed by atoms with E-state index in [4.69, 9.17) is 11.6 Å². The molecule has 0 saturated heterocycles. The Hall–Kier alpha value is -2.83. The normalized spacial score (nSPS) is 11.7. The molecule has 1 aromatic heterocycles. The van der Waals surface area contributed by atoms with Gasteiger partial charge in [-0.15, -0.1) is 0 Å². The average molecular weight is 416 g/mol. The third kappa shape index (κ3) is 3.25. The molecule has 28 heavy (non-hydrogen) atoms. The molecule has 0 saturated carbocycles. The van der Waals surface area contributed by atoms with Crippen LogP contribution in [0.4, 0.5) is 8.78 Å². The van der Waals surface area contributed by atoms with Crippen LogP contribution in [0.25, 0.3) is 22.2 Å². The average Bonchev–Trinajstić information content (AvgIpc) is 2.68. The van der Waals surface area contributed by atoms with Crippen LogP contribution >= 0.6 is 11.6 Å². The highest BCUT2D eigenvalue weighted by Crippen LogP contribution is 2.34. The van der Waals surface area contributed by atoms with Gasteiger partial charge in [0.1, 0.15) is 17.2 Å². The number of fused-ring (bicyclic) bond motifs is 1. The largest absolute Gasteiger partial charge is 0.243 e. The van der Waals surface area contributed by atoms with E-state index in [1.165, 1.54) is 30.3 Å². The Kier molecular flexibility index (Phi) is 4.61. The Morgan fingerprint density at radius 1 is 0.857 bits per heavy atom. The first-order valence-electron chi connectivity index (χ1n) is 8.22. The summed E-state index contributed by atoms with van der Waals surface area (Å²) in [7, 11) is -4.11. The summed E-state index contributed by atoms with van der Waals surface area (Å²) in [6.07, 6.45) is 0. The number of hydrogen-bond acceptors (Lipinski definition) is 3. The maximum absolute atomic E-state index is 14.3. The Labute approximate surface area is 165 Å². The zero-order valence-electron chi connectivity index (χ0n) is 14.2. The van der Waals surface area contributed by atoms with Gasteiger partial charge >= 0.3 is 0 Å². The van der Waals surface area contributed by atoms with Crippen LogP contribution in [-0.2, 0) is 9.84 Å². The van der Waals surface area contributed by atoms with Gasteiger partial charge in [0.05, 0.1) is 15.5 Å². The summed E-state index contributed by atoms with van der Waals surface area (Å²) in [5, 5.41) is 0.790. The number of benzene rings is 3. The van der Waals surface area contributed by atoms with Gasteiger partial charge in [-0.1, -0.05) is 41.9 Å². The summed E-state index contributed by atoms with van der Waals surface area (Å²) in [6, 6.07) is 16.7. The predicted octanol–water partition coefficient (Wildman–Crippen LogP) is 5.67. The number of nitrogens with zero attached hydrogens (tertiary/aromatic N) is 1. The first-order chi connectivity index (χ1) is 13.4. The highest BCUT2D eigenvalue weighted by Gasteiger charge is 2.25. The van der Waals surface area contributed by atoms with Gasteiger partial charge in [-0.3, -0.25) is 0 Å². The van der Waals surface area contributed by atoms with Crippen molar-refractivity contribution in [1.82, 2.24) is 4.98 Å². The molecule has 3 nitrogen and oxygen atoms in total. The van der Waals surface area contributed by atoms with Crippen LogP contribution in [0.3, 0.4) is 0 Å². The van der Waals surface area contributed by atoms with Crippen LogP contribution < -0.4 is 0 Å². The van der Waals surface area contributed by atoms with Crippen molar-refractivity contribution >= 4 is 32.3 Å². The maximum atomic E-state index is 14.3. The predicted molar refractivity (Wildman–Crippen MR) is 104 cm³/mol. The minimum Gasteiger partial charge on any atom is -0.243 e. The molecule has 0 amide bonds. The number of sulfone groups is 1. The minimum absolute atomic E-state index is 0.0469. The second kappa shape index (κ2) is 6.96. The van der Waals surface area contributed by atoms with E-state index in [1.54, 1.807) is 30.3 Å². The van der Waals surface area contributed by atoms with Crippen molar-refractivity contribution in [3.05, 3.63) is 89.5 Å². The summed E-state index contributed by atoms with van der Waals surface area (Å²) in [5.41, 5.74) is 0.564. The van der Waals surface area contributed by atoms with Gasteiger partial charge in [0.15, 0.2) is 0 Å². The van der Waals surface area contributed by atoms with Crippen molar-refractivity contribution in [3.8, 4) is 11.3 Å². The summed E-state index contributed by atoms with van der Waals surface area (Å²) in [4.78, 5) is 3.95. The van der Waals surface area contributed by atoms with Gasteiger partial charge in [0.25, 0.3) is 0 Å². The first kappa shape index (κ1) is 18.5. The van der Waals surface area contributed by atoms with Crippen molar-refractivity contribution in [2.24, 2.45) is 0 Å². The molecule has 0 aliphatic heterocycles. The van der Waals surface area contributed by atoms with Crippen molar-refractivity contribution in [2.45, 2.75) is 9.79 Å². The number of pyridine rings is 1. The van der Waals surface area contributed by atoms with Crippen LogP contribution in [0.15, 0.2) is 82.6 Å². The van der Waals surface area contributed by atoms with Crippen LogP contribution in [0.1, 0.15) is 0 Å². The number of halogens is 3. The van der Waals surface area contributed by atoms with E-state index in [0.29, 0.717) is 16.0 Å². The summed E-state index contributed by atoms with van der Waals surface area (Å²) < 4.78 is 54.4. The molecule has 4 rings (SSSR count). The van der Waals surface area contributed by atoms with E-state index in [1.807, 2.05) is 0 Å². The van der Waals surface area contributed by atoms with Crippen LogP contribution in [0, 0.1) is 11.6 Å². The molecule has 0 unspecified atom stereocenters. The van der Waals surface area contributed by atoms with Gasteiger partial charge in [0, 0.05) is 16.0 Å². The lowest BCUT2D eigenvalue weighted by Gasteiger charge is -2.13. The van der Waals surface area contributed by atoms with Gasteiger partial charge in [-0.2, -0.15) is 0 Å². The standard InChI is InChI=1S/C21H12ClF2NO2S/c22-15-9-7-13(8-10-15)21-19(11-14-3-1-6-18(24)20(14)25-21)28(26,27)17-5-2-4-16(23)12-17/h1-12H. The van der Waals surface area contributed by atoms with Crippen LogP contribution in [-0.4, -0.2) is 13.4 Å². The SMILES string of the molecule is O=S(=O)(c1cccc(F)c1)c1cc2cccc(F)c2nc1-c1ccc(Cl)cc1. The van der Waals surface area contributed by atoms with Gasteiger partial charge in [0.2, 0.25) is 9.84 Å². The van der Waals surface area contributed by atoms with Crippen LogP contribution in [0.2, 0.25) is 5.02 Å². The van der Waals surface area contributed by atoms with Gasteiger partial charge in [-0.05, 0) is 42.5 Å². The Balaban J connectivity index is 2.06. The second-order valence-electron chi connectivity index (χ2n) is 6.11. The van der Waals surface area contributed by atoms with E-state index < -0.39 is 21.5 Å². The quantitative estimate of drug-likeness (QED) is 0.433. The zero-order chi connectivity index (χ0) is 19.9. The zero-order valence-corrected chi connectivity index (χ0v) is 15.8. The maximum Gasteiger partial charge on any atom is 0.208 e. The van der Waals surface area contributed by atoms with Crippen molar-refractivity contribution in [3.63, 3.8) is 0 Å². The van der Waals surface area contributed by atoms with Crippen molar-refractivity contribution < 1.29 is 17.2 Å². The Morgan fingerprint density at radius 2 is 1.57 bits per heavy atom. The molecule has 3 aromatic carbocycles. The summed E-state index contributed by atoms with van der Waals surface area (Å²) in [5.74, 6) is -1.24. The third-order valence-corrected chi connectivity index (χ3v) is 6.29. The lowest BCUT2D eigenvalue weighted by atomic mass is 10.1. The highest BCUT2D eigenvalue weighted by molar-refractivity contribution is 7.91. The number of para-hydroxylation sites is 1. The molecule has 140 valence electrons. The fraction of sp³-hybridized carbons (Fsp3) is 0. The van der Waals surface area contributed by atoms with Gasteiger partial charge in [-0.25, -0.2) is 22.2 Å². The topological polar surface area (TPSA) is 47.0 Å². The molecule has 1 heterocycles. The lowest BCUT2D eigenvalue weighted by Crippen LogP contribution is -2.06. The molecule has 0 N–H and O–H groups in total. The number of rotatable bonds is 3. The first-order valence-corrected chi connectivity index (χ1v) is 10.1. The summed E-state index contributed by atoms with van der Waals surface area (Å²) >= 11 is 5.92. The van der Waals surface area contributed by atoms with E-state index in [2.05, 4.69) is 4.98 Å². The highest BCUT2D eigenvalue weighted by atomic mass is 35.5. The van der Waals surface area contributed by atoms with E-state index in [0.717, 1.165) is 12.1 Å². The fourth-order valence-corrected chi connectivity index (χ4v) is 4.53. The fourth-order valence-electron chi connectivity index (χ4n) is 2.92. The molecule has 7 heteroatoms. The molecule has 0 atom stereocenters. The molecular weight excluding hydrogens is 404 g/mol. The molecular formula is C21H12ClF2NO2S. The molecule has 0 spiro atoms. The lowest BCUT2D eigenvalue weighted by molar-refractivity contribution is 0.590. The molecule has 0 radical (unpaired) electrons. The Bertz CT molecular complexity index is 1310. The van der Waals surface area contributed by atoms with Crippen LogP contribution in [0.5, 0.6) is 0 Å². The Morgan fingerprint density at radius 3 is 2.29 bits per heavy atom. The number of hydrogen-bond donors (Lipinski definition) is 0. The monoisotopic (exact) mass is 415 g/mol. The third-order valence-electron chi connectivity index (χ3n) is 4.28. The smallest absolute Gasteiger partial charge is 0.208 e. The van der Waals surface area contributed by atoms with E-state index in [-0.39, 0.29) is 21.0 Å². The van der Waals surface area contributed by atoms with Gasteiger partial charge < -0.3 is 0 Å². The van der Waals surface area contributed by atoms with E-state index >= 15 is 0 Å². The minimum atomic E-state index is -4.11. The van der Waals surface area contributed by atoms with Crippen molar-refractivity contribution in [1.29, 1.82) is 0 Å². The van der Waals surface area contributed by atoms with Crippen molar-refractivity contribution in [2.75, 3.05) is 0 Å². The second-order valence-corrected chi connectivity index (χ2v) is 8.47. The summed E-state index contributed by atoms with van der Waals surface area (Å²) in [6.45, 7) is 0. The van der Waals surface area contributed by atoms with E-state index in [9.17, 15) is 17.2 Å². The molecule has 0 aliphatic rings.